The summed E-state index contributed by atoms with van der Waals surface area (Å²) in [5.74, 6) is 0.648. The number of nitrogens with two attached hydrogens (primary N) is 1. The molecule has 3 aliphatic rings. The van der Waals surface area contributed by atoms with Gasteiger partial charge in [-0.3, -0.25) is 14.4 Å². The van der Waals surface area contributed by atoms with E-state index in [1.54, 1.807) is 13.2 Å². The van der Waals surface area contributed by atoms with Crippen LogP contribution in [0.5, 0.6) is 5.75 Å². The Bertz CT molecular complexity index is 1330. The molecule has 16 heteroatoms. The van der Waals surface area contributed by atoms with E-state index in [0.29, 0.717) is 60.4 Å². The Morgan fingerprint density at radius 2 is 1.67 bits per heavy atom. The molecule has 52 heavy (non-hydrogen) atoms. The van der Waals surface area contributed by atoms with Gasteiger partial charge in [-0.1, -0.05) is 30.9 Å². The lowest BCUT2D eigenvalue weighted by atomic mass is 9.93. The molecule has 9 N–H and O–H groups in total. The highest BCUT2D eigenvalue weighted by Gasteiger charge is 2.34. The number of methoxy groups -OCH3 is 1. The molecule has 15 nitrogen and oxygen atoms in total. The average molecular weight is 756 g/mol. The number of nitrogen functional groups attached to an aromatic ring is 1. The number of ether oxygens (including phenoxy) is 2. The highest BCUT2D eigenvalue weighted by Crippen LogP contribution is 2.39. The molecule has 294 valence electrons. The number of amides is 3. The van der Waals surface area contributed by atoms with Crippen LogP contribution < -0.4 is 21.1 Å². The second kappa shape index (κ2) is 20.6. The molecular weight excluding hydrogens is 698 g/mol. The number of nitrogens with one attached hydrogen (secondary N) is 2. The monoisotopic (exact) mass is 755 g/mol. The van der Waals surface area contributed by atoms with Crippen LogP contribution in [0.2, 0.25) is 5.02 Å². The molecule has 3 heterocycles. The van der Waals surface area contributed by atoms with Gasteiger partial charge in [0.05, 0.1) is 47.7 Å². The topological polar surface area (TPSA) is 227 Å². The van der Waals surface area contributed by atoms with E-state index >= 15 is 0 Å². The van der Waals surface area contributed by atoms with E-state index in [0.717, 1.165) is 76.7 Å². The van der Waals surface area contributed by atoms with Gasteiger partial charge < -0.3 is 61.2 Å². The molecule has 0 bridgehead atoms. The van der Waals surface area contributed by atoms with Crippen molar-refractivity contribution in [1.82, 2.24) is 20.4 Å². The first kappa shape index (κ1) is 42.0. The standard InChI is InChI=1S/C36H58ClN5O10/c1-51-29-20-41(13-11-26(29)40-36(50)24-17-25(37)32(38)23-12-16-52-35(23)24)19-22-9-14-42(15-10-22)31(47)8-6-4-2-3-5-7-30(46)39-18-27(44)33(48)34(49)28(45)21-43/h17,22,26-29,33-34,43-45,48-49H,2-16,18-21,38H2,1H3,(H,39,46)(H,40,50)/t26-,27+,28-,29+,33-,34-/m1/s1. The maximum absolute atomic E-state index is 13.3. The summed E-state index contributed by atoms with van der Waals surface area (Å²) in [6, 6.07) is 1.43. The zero-order valence-corrected chi connectivity index (χ0v) is 30.9. The summed E-state index contributed by atoms with van der Waals surface area (Å²) in [7, 11) is 1.67. The summed E-state index contributed by atoms with van der Waals surface area (Å²) >= 11 is 6.32. The summed E-state index contributed by atoms with van der Waals surface area (Å²) in [5.41, 5.74) is 7.75. The quantitative estimate of drug-likeness (QED) is 0.0700. The molecule has 1 aromatic rings. The van der Waals surface area contributed by atoms with Gasteiger partial charge in [0.2, 0.25) is 11.8 Å². The molecule has 4 rings (SSSR count). The van der Waals surface area contributed by atoms with E-state index in [9.17, 15) is 34.8 Å². The van der Waals surface area contributed by atoms with Gasteiger partial charge in [0.15, 0.2) is 0 Å². The normalized spacial score (nSPS) is 21.9. The number of aliphatic hydroxyl groups excluding tert-OH is 5. The van der Waals surface area contributed by atoms with Crippen LogP contribution in [-0.2, 0) is 20.7 Å². The van der Waals surface area contributed by atoms with Gasteiger partial charge >= 0.3 is 0 Å². The van der Waals surface area contributed by atoms with Gasteiger partial charge in [-0.05, 0) is 44.1 Å². The smallest absolute Gasteiger partial charge is 0.255 e. The zero-order valence-electron chi connectivity index (χ0n) is 30.2. The summed E-state index contributed by atoms with van der Waals surface area (Å²) in [4.78, 5) is 42.6. The number of hydrogen-bond donors (Lipinski definition) is 8. The Hall–Kier alpha value is -2.76. The Morgan fingerprint density at radius 3 is 2.37 bits per heavy atom. The lowest BCUT2D eigenvalue weighted by Gasteiger charge is -2.41. The predicted molar refractivity (Wildman–Crippen MR) is 194 cm³/mol. The molecule has 2 fully saturated rings. The fourth-order valence-corrected chi connectivity index (χ4v) is 7.53. The number of fused-ring (bicyclic) bond motifs is 1. The van der Waals surface area contributed by atoms with Crippen molar-refractivity contribution in [3.8, 4) is 5.75 Å². The van der Waals surface area contributed by atoms with Gasteiger partial charge in [0, 0.05) is 71.2 Å². The fraction of sp³-hybridized carbons (Fsp3) is 0.750. The van der Waals surface area contributed by atoms with Crippen LogP contribution in [0.4, 0.5) is 5.69 Å². The average Bonchev–Trinajstić information content (AvgIpc) is 3.65. The lowest BCUT2D eigenvalue weighted by molar-refractivity contribution is -0.132. The molecule has 0 aromatic heterocycles. The third kappa shape index (κ3) is 11.6. The molecule has 0 unspecified atom stereocenters. The number of rotatable bonds is 19. The van der Waals surface area contributed by atoms with Crippen LogP contribution in [0.1, 0.15) is 80.1 Å². The number of likely N-dealkylation sites (tertiary alicyclic amines) is 2. The molecule has 6 atom stereocenters. The van der Waals surface area contributed by atoms with Gasteiger partial charge in [-0.25, -0.2) is 0 Å². The van der Waals surface area contributed by atoms with Crippen LogP contribution in [0.3, 0.4) is 0 Å². The SMILES string of the molecule is CO[C@H]1CN(CC2CCN(C(=O)CCCCCCCC(=O)NC[C@H](O)[C@@H](O)[C@H](O)[C@H](O)CO)CC2)CC[C@H]1NC(=O)c1cc(Cl)c(N)c2c1OCC2. The van der Waals surface area contributed by atoms with Gasteiger partial charge in [-0.15, -0.1) is 0 Å². The molecule has 0 saturated carbocycles. The van der Waals surface area contributed by atoms with Gasteiger partial charge in [-0.2, -0.15) is 0 Å². The number of carbonyl (C=O) groups excluding carboxylic acids is 3. The minimum absolute atomic E-state index is 0.149. The van der Waals surface area contributed by atoms with Crippen molar-refractivity contribution in [2.45, 2.75) is 107 Å². The van der Waals surface area contributed by atoms with Crippen molar-refractivity contribution in [3.05, 3.63) is 22.2 Å². The molecule has 3 amide bonds. The molecule has 3 aliphatic heterocycles. The van der Waals surface area contributed by atoms with E-state index in [1.165, 1.54) is 0 Å². The van der Waals surface area contributed by atoms with Crippen molar-refractivity contribution in [3.63, 3.8) is 0 Å². The maximum atomic E-state index is 13.3. The summed E-state index contributed by atoms with van der Waals surface area (Å²) in [6.45, 7) is 3.39. The zero-order chi connectivity index (χ0) is 37.8. The number of unbranched alkanes of at least 4 members (excludes halogenated alkanes) is 4. The Balaban J connectivity index is 1.05. The Kier molecular flexibility index (Phi) is 16.7. The molecular formula is C36H58ClN5O10. The minimum atomic E-state index is -1.73. The Morgan fingerprint density at radius 1 is 1.00 bits per heavy atom. The number of piperidine rings is 2. The first-order valence-corrected chi connectivity index (χ1v) is 19.0. The van der Waals surface area contributed by atoms with Crippen LogP contribution >= 0.6 is 11.6 Å². The number of benzene rings is 1. The minimum Gasteiger partial charge on any atom is -0.492 e. The van der Waals surface area contributed by atoms with E-state index in [2.05, 4.69) is 15.5 Å². The van der Waals surface area contributed by atoms with Crippen molar-refractivity contribution in [1.29, 1.82) is 0 Å². The second-order valence-electron chi connectivity index (χ2n) is 14.3. The molecule has 0 spiro atoms. The lowest BCUT2D eigenvalue weighted by Crippen LogP contribution is -2.55. The summed E-state index contributed by atoms with van der Waals surface area (Å²) in [6.07, 6.45) is 1.39. The number of nitrogens with zero attached hydrogens (tertiary/aromatic N) is 2. The number of halogens is 1. The number of anilines is 1. The fourth-order valence-electron chi connectivity index (χ4n) is 7.30. The first-order chi connectivity index (χ1) is 24.9. The second-order valence-corrected chi connectivity index (χ2v) is 14.7. The van der Waals surface area contributed by atoms with E-state index in [4.69, 9.17) is 31.9 Å². The molecule has 1 aromatic carbocycles. The molecule has 2 saturated heterocycles. The predicted octanol–water partition coefficient (Wildman–Crippen LogP) is 0.198. The van der Waals surface area contributed by atoms with Crippen molar-refractivity contribution in [2.24, 2.45) is 5.92 Å². The van der Waals surface area contributed by atoms with Crippen molar-refractivity contribution >= 4 is 35.0 Å². The van der Waals surface area contributed by atoms with E-state index < -0.39 is 31.0 Å². The van der Waals surface area contributed by atoms with Crippen molar-refractivity contribution < 1.29 is 49.4 Å². The highest BCUT2D eigenvalue weighted by atomic mass is 35.5. The Labute approximate surface area is 310 Å². The summed E-state index contributed by atoms with van der Waals surface area (Å²) < 4.78 is 11.5. The maximum Gasteiger partial charge on any atom is 0.255 e. The number of carbonyl (C=O) groups is 3. The van der Waals surface area contributed by atoms with Gasteiger partial charge in [0.25, 0.3) is 5.91 Å². The van der Waals surface area contributed by atoms with Crippen LogP contribution in [0.25, 0.3) is 0 Å². The van der Waals surface area contributed by atoms with E-state index in [1.807, 2.05) is 4.90 Å². The van der Waals surface area contributed by atoms with E-state index in [-0.39, 0.29) is 42.8 Å². The van der Waals surface area contributed by atoms with Crippen molar-refractivity contribution in [2.75, 3.05) is 65.3 Å². The van der Waals surface area contributed by atoms with Crippen LogP contribution in [0.15, 0.2) is 6.07 Å². The van der Waals surface area contributed by atoms with Crippen LogP contribution in [0, 0.1) is 5.92 Å². The number of hydrogen-bond acceptors (Lipinski definition) is 12. The largest absolute Gasteiger partial charge is 0.492 e. The highest BCUT2D eigenvalue weighted by molar-refractivity contribution is 6.33. The molecule has 0 radical (unpaired) electrons. The molecule has 0 aliphatic carbocycles. The number of aliphatic hydroxyl groups is 5. The van der Waals surface area contributed by atoms with Gasteiger partial charge in [0.1, 0.15) is 24.1 Å². The summed E-state index contributed by atoms with van der Waals surface area (Å²) in [5, 5.41) is 53.6. The third-order valence-corrected chi connectivity index (χ3v) is 10.9. The first-order valence-electron chi connectivity index (χ1n) is 18.6. The van der Waals surface area contributed by atoms with Crippen LogP contribution in [-0.4, -0.2) is 149 Å². The third-order valence-electron chi connectivity index (χ3n) is 10.6.